The van der Waals surface area contributed by atoms with E-state index in [1.54, 1.807) is 36.3 Å². The minimum Gasteiger partial charge on any atom is -0.497 e. The minimum absolute atomic E-state index is 0.00715. The van der Waals surface area contributed by atoms with Gasteiger partial charge in [-0.1, -0.05) is 18.2 Å². The number of ether oxygens (including phenoxy) is 1. The molecule has 1 saturated heterocycles. The summed E-state index contributed by atoms with van der Waals surface area (Å²) >= 11 is 0. The van der Waals surface area contributed by atoms with Gasteiger partial charge in [-0.15, -0.1) is 0 Å². The molecular weight excluding hydrogens is 316 g/mol. The fourth-order valence-electron chi connectivity index (χ4n) is 3.25. The number of anilines is 2. The van der Waals surface area contributed by atoms with Gasteiger partial charge in [0.05, 0.1) is 13.0 Å². The molecule has 5 heteroatoms. The van der Waals surface area contributed by atoms with Crippen LogP contribution in [-0.2, 0) is 9.59 Å². The van der Waals surface area contributed by atoms with E-state index in [4.69, 9.17) is 4.74 Å². The number of para-hydroxylation sites is 1. The molecule has 1 unspecified atom stereocenters. The summed E-state index contributed by atoms with van der Waals surface area (Å²) in [4.78, 5) is 26.7. The van der Waals surface area contributed by atoms with Gasteiger partial charge >= 0.3 is 0 Å². The van der Waals surface area contributed by atoms with Crippen molar-refractivity contribution < 1.29 is 14.3 Å². The summed E-state index contributed by atoms with van der Waals surface area (Å²) in [6.45, 7) is 4.38. The van der Waals surface area contributed by atoms with Gasteiger partial charge in [0.2, 0.25) is 11.8 Å². The Labute approximate surface area is 147 Å². The van der Waals surface area contributed by atoms with Crippen molar-refractivity contribution in [2.24, 2.45) is 5.92 Å². The number of nitrogens with one attached hydrogen (secondary N) is 1. The molecule has 3 rings (SSSR count). The van der Waals surface area contributed by atoms with E-state index in [9.17, 15) is 9.59 Å². The zero-order valence-corrected chi connectivity index (χ0v) is 14.7. The highest BCUT2D eigenvalue weighted by Gasteiger charge is 2.36. The van der Waals surface area contributed by atoms with Crippen molar-refractivity contribution in [1.82, 2.24) is 0 Å². The maximum atomic E-state index is 12.5. The highest BCUT2D eigenvalue weighted by molar-refractivity contribution is 6.04. The SMILES string of the molecule is COc1ccc(NC(=O)C2CC(=O)N(c3c(C)cccc3C)C2)cc1. The van der Waals surface area contributed by atoms with E-state index in [1.165, 1.54) is 0 Å². The van der Waals surface area contributed by atoms with E-state index < -0.39 is 0 Å². The number of rotatable bonds is 4. The summed E-state index contributed by atoms with van der Waals surface area (Å²) in [7, 11) is 1.60. The smallest absolute Gasteiger partial charge is 0.229 e. The Morgan fingerprint density at radius 1 is 1.12 bits per heavy atom. The first-order chi connectivity index (χ1) is 12.0. The largest absolute Gasteiger partial charge is 0.497 e. The van der Waals surface area contributed by atoms with Crippen molar-refractivity contribution in [3.8, 4) is 5.75 Å². The van der Waals surface area contributed by atoms with E-state index in [-0.39, 0.29) is 24.2 Å². The molecule has 2 amide bonds. The molecule has 1 fully saturated rings. The fourth-order valence-corrected chi connectivity index (χ4v) is 3.25. The molecule has 0 radical (unpaired) electrons. The number of hydrogen-bond donors (Lipinski definition) is 1. The lowest BCUT2D eigenvalue weighted by Gasteiger charge is -2.21. The maximum Gasteiger partial charge on any atom is 0.229 e. The van der Waals surface area contributed by atoms with Gasteiger partial charge in [-0.3, -0.25) is 9.59 Å². The van der Waals surface area contributed by atoms with Crippen molar-refractivity contribution in [3.63, 3.8) is 0 Å². The van der Waals surface area contributed by atoms with Crippen molar-refractivity contribution >= 4 is 23.2 Å². The van der Waals surface area contributed by atoms with Crippen LogP contribution in [0.3, 0.4) is 0 Å². The van der Waals surface area contributed by atoms with Crippen LogP contribution in [0.2, 0.25) is 0 Å². The molecule has 1 aliphatic rings. The van der Waals surface area contributed by atoms with E-state index in [0.717, 1.165) is 22.6 Å². The molecule has 2 aromatic rings. The van der Waals surface area contributed by atoms with Crippen LogP contribution < -0.4 is 15.0 Å². The zero-order valence-electron chi connectivity index (χ0n) is 14.7. The first-order valence-electron chi connectivity index (χ1n) is 8.31. The number of aryl methyl sites for hydroxylation is 2. The summed E-state index contributed by atoms with van der Waals surface area (Å²) in [6.07, 6.45) is 0.232. The van der Waals surface area contributed by atoms with Gasteiger partial charge in [-0.2, -0.15) is 0 Å². The zero-order chi connectivity index (χ0) is 18.0. The fraction of sp³-hybridized carbons (Fsp3) is 0.300. The Bertz CT molecular complexity index is 779. The third-order valence-electron chi connectivity index (χ3n) is 4.56. The molecule has 0 aliphatic carbocycles. The summed E-state index contributed by atoms with van der Waals surface area (Å²) in [5.74, 6) is 0.239. The molecule has 5 nitrogen and oxygen atoms in total. The van der Waals surface area contributed by atoms with Crippen LogP contribution in [0, 0.1) is 19.8 Å². The Hall–Kier alpha value is -2.82. The second-order valence-electron chi connectivity index (χ2n) is 6.36. The number of methoxy groups -OCH3 is 1. The summed E-state index contributed by atoms with van der Waals surface area (Å²) in [5.41, 5.74) is 3.71. The monoisotopic (exact) mass is 338 g/mol. The van der Waals surface area contributed by atoms with E-state index in [1.807, 2.05) is 32.0 Å². The molecule has 0 aromatic heterocycles. The van der Waals surface area contributed by atoms with Gasteiger partial charge in [0.25, 0.3) is 0 Å². The predicted molar refractivity (Wildman–Crippen MR) is 98.0 cm³/mol. The summed E-state index contributed by atoms with van der Waals surface area (Å²) in [5, 5.41) is 2.88. The van der Waals surface area contributed by atoms with Crippen LogP contribution in [0.4, 0.5) is 11.4 Å². The van der Waals surface area contributed by atoms with Crippen molar-refractivity contribution in [2.75, 3.05) is 23.9 Å². The van der Waals surface area contributed by atoms with Crippen molar-refractivity contribution in [3.05, 3.63) is 53.6 Å². The van der Waals surface area contributed by atoms with Crippen LogP contribution in [0.25, 0.3) is 0 Å². The molecule has 0 saturated carbocycles. The first kappa shape index (κ1) is 17.0. The average molecular weight is 338 g/mol. The molecule has 2 aromatic carbocycles. The van der Waals surface area contributed by atoms with Crippen molar-refractivity contribution in [2.45, 2.75) is 20.3 Å². The lowest BCUT2D eigenvalue weighted by molar-refractivity contribution is -0.122. The Morgan fingerprint density at radius 2 is 1.76 bits per heavy atom. The highest BCUT2D eigenvalue weighted by Crippen LogP contribution is 2.31. The highest BCUT2D eigenvalue weighted by atomic mass is 16.5. The van der Waals surface area contributed by atoms with Gasteiger partial charge in [-0.25, -0.2) is 0 Å². The van der Waals surface area contributed by atoms with Gasteiger partial charge in [0.15, 0.2) is 0 Å². The number of nitrogens with zero attached hydrogens (tertiary/aromatic N) is 1. The summed E-state index contributed by atoms with van der Waals surface area (Å²) in [6, 6.07) is 13.1. The third kappa shape index (κ3) is 3.50. The van der Waals surface area contributed by atoms with E-state index in [0.29, 0.717) is 12.2 Å². The molecule has 1 aliphatic heterocycles. The maximum absolute atomic E-state index is 12.5. The molecule has 25 heavy (non-hydrogen) atoms. The van der Waals surface area contributed by atoms with Crippen molar-refractivity contribution in [1.29, 1.82) is 0 Å². The molecular formula is C20H22N2O3. The molecule has 1 heterocycles. The molecule has 1 atom stereocenters. The lowest BCUT2D eigenvalue weighted by Crippen LogP contribution is -2.29. The Balaban J connectivity index is 1.72. The second kappa shape index (κ2) is 6.97. The second-order valence-corrected chi connectivity index (χ2v) is 6.36. The number of amides is 2. The summed E-state index contributed by atoms with van der Waals surface area (Å²) < 4.78 is 5.11. The van der Waals surface area contributed by atoms with Gasteiger partial charge < -0.3 is 15.0 Å². The van der Waals surface area contributed by atoms with Crippen LogP contribution in [0.15, 0.2) is 42.5 Å². The van der Waals surface area contributed by atoms with Crippen LogP contribution >= 0.6 is 0 Å². The Kier molecular flexibility index (Phi) is 4.74. The normalized spacial score (nSPS) is 16.8. The average Bonchev–Trinajstić information content (AvgIpc) is 2.97. The molecule has 0 spiro atoms. The third-order valence-corrected chi connectivity index (χ3v) is 4.56. The van der Waals surface area contributed by atoms with Gasteiger partial charge in [-0.05, 0) is 49.2 Å². The Morgan fingerprint density at radius 3 is 2.36 bits per heavy atom. The molecule has 130 valence electrons. The quantitative estimate of drug-likeness (QED) is 0.930. The molecule has 1 N–H and O–H groups in total. The standard InChI is InChI=1S/C20H22N2O3/c1-13-5-4-6-14(2)19(13)22-12-15(11-18(22)23)20(24)21-16-7-9-17(25-3)10-8-16/h4-10,15H,11-12H2,1-3H3,(H,21,24). The van der Waals surface area contributed by atoms with Crippen LogP contribution in [0.5, 0.6) is 5.75 Å². The predicted octanol–water partition coefficient (Wildman–Crippen LogP) is 3.30. The number of benzene rings is 2. The van der Waals surface area contributed by atoms with Gasteiger partial charge in [0.1, 0.15) is 5.75 Å². The van der Waals surface area contributed by atoms with E-state index >= 15 is 0 Å². The number of carbonyl (C=O) groups is 2. The van der Waals surface area contributed by atoms with Gasteiger partial charge in [0, 0.05) is 24.3 Å². The first-order valence-corrected chi connectivity index (χ1v) is 8.31. The number of carbonyl (C=O) groups excluding carboxylic acids is 2. The number of hydrogen-bond acceptors (Lipinski definition) is 3. The lowest BCUT2D eigenvalue weighted by atomic mass is 10.1. The van der Waals surface area contributed by atoms with Crippen LogP contribution in [0.1, 0.15) is 17.5 Å². The van der Waals surface area contributed by atoms with Crippen LogP contribution in [-0.4, -0.2) is 25.5 Å². The minimum atomic E-state index is -0.353. The molecule has 0 bridgehead atoms. The topological polar surface area (TPSA) is 58.6 Å². The van der Waals surface area contributed by atoms with E-state index in [2.05, 4.69) is 5.32 Å².